The molecular weight excluding hydrogens is 290 g/mol. The lowest BCUT2D eigenvalue weighted by atomic mass is 9.86. The number of piperidine rings is 1. The maximum Gasteiger partial charge on any atom is 0.308 e. The number of methoxy groups -OCH3 is 1. The van der Waals surface area contributed by atoms with E-state index >= 15 is 0 Å². The second kappa shape index (κ2) is 9.78. The first-order chi connectivity index (χ1) is 11.2. The summed E-state index contributed by atoms with van der Waals surface area (Å²) < 4.78 is 4.85. The number of hydrogen-bond donors (Lipinski definition) is 1. The van der Waals surface area contributed by atoms with Gasteiger partial charge in [0.2, 0.25) is 0 Å². The Hall–Kier alpha value is -1.26. The number of nitrogens with zero attached hydrogens (tertiary/aromatic N) is 2. The summed E-state index contributed by atoms with van der Waals surface area (Å²) in [7, 11) is 3.32. The van der Waals surface area contributed by atoms with Crippen molar-refractivity contribution in [3.8, 4) is 0 Å². The zero-order valence-corrected chi connectivity index (χ0v) is 14.9. The highest BCUT2D eigenvalue weighted by Crippen LogP contribution is 2.27. The summed E-state index contributed by atoms with van der Waals surface area (Å²) in [5.74, 6) is 1.92. The van der Waals surface area contributed by atoms with E-state index in [2.05, 4.69) is 15.2 Å². The second-order valence-corrected chi connectivity index (χ2v) is 6.90. The van der Waals surface area contributed by atoms with Crippen molar-refractivity contribution in [2.75, 3.05) is 33.8 Å². The fraction of sp³-hybridized carbons (Fsp3) is 0.889. The maximum absolute atomic E-state index is 11.6. The number of hydrogen-bond acceptors (Lipinski definition) is 3. The molecule has 0 bridgehead atoms. The molecule has 2 rings (SSSR count). The van der Waals surface area contributed by atoms with Gasteiger partial charge in [-0.25, -0.2) is 0 Å². The van der Waals surface area contributed by atoms with E-state index in [1.807, 2.05) is 7.05 Å². The minimum atomic E-state index is -0.0694. The normalized spacial score (nSPS) is 21.3. The number of esters is 1. The Balaban J connectivity index is 1.64. The first-order valence-electron chi connectivity index (χ1n) is 9.28. The van der Waals surface area contributed by atoms with Gasteiger partial charge in [0.15, 0.2) is 5.96 Å². The number of nitrogens with one attached hydrogen (secondary N) is 1. The number of rotatable bonds is 5. The van der Waals surface area contributed by atoms with Crippen LogP contribution in [0.25, 0.3) is 0 Å². The van der Waals surface area contributed by atoms with Crippen molar-refractivity contribution in [1.82, 2.24) is 10.2 Å². The number of guanidine groups is 1. The molecular formula is C18H33N3O2. The molecule has 5 nitrogen and oxygen atoms in total. The van der Waals surface area contributed by atoms with Crippen LogP contribution in [0, 0.1) is 11.8 Å². The molecule has 1 N–H and O–H groups in total. The predicted molar refractivity (Wildman–Crippen MR) is 93.5 cm³/mol. The fourth-order valence-electron chi connectivity index (χ4n) is 3.89. The van der Waals surface area contributed by atoms with Gasteiger partial charge in [-0.05, 0) is 31.6 Å². The molecule has 0 atom stereocenters. The van der Waals surface area contributed by atoms with Crippen molar-refractivity contribution in [2.45, 2.75) is 57.8 Å². The number of likely N-dealkylation sites (tertiary alicyclic amines) is 1. The van der Waals surface area contributed by atoms with Crippen molar-refractivity contribution >= 4 is 11.9 Å². The molecule has 1 heterocycles. The summed E-state index contributed by atoms with van der Waals surface area (Å²) in [6.45, 7) is 2.75. The van der Waals surface area contributed by atoms with E-state index in [1.54, 1.807) is 0 Å². The van der Waals surface area contributed by atoms with E-state index in [-0.39, 0.29) is 11.9 Å². The molecule has 5 heteroatoms. The molecule has 1 saturated heterocycles. The first kappa shape index (κ1) is 18.1. The number of ether oxygens (including phenoxy) is 1. The molecule has 1 saturated carbocycles. The van der Waals surface area contributed by atoms with E-state index in [0.29, 0.717) is 0 Å². The zero-order chi connectivity index (χ0) is 16.5. The van der Waals surface area contributed by atoms with E-state index in [9.17, 15) is 4.79 Å². The molecule has 0 spiro atoms. The van der Waals surface area contributed by atoms with Gasteiger partial charge >= 0.3 is 5.97 Å². The van der Waals surface area contributed by atoms with Gasteiger partial charge in [-0.2, -0.15) is 0 Å². The number of carbonyl (C=O) groups is 1. The Bertz CT molecular complexity index is 384. The molecule has 0 aromatic heterocycles. The third kappa shape index (κ3) is 5.70. The van der Waals surface area contributed by atoms with Crippen LogP contribution < -0.4 is 5.32 Å². The zero-order valence-electron chi connectivity index (χ0n) is 14.9. The molecule has 23 heavy (non-hydrogen) atoms. The summed E-state index contributed by atoms with van der Waals surface area (Å²) in [5.41, 5.74) is 0. The van der Waals surface area contributed by atoms with Gasteiger partial charge in [-0.15, -0.1) is 0 Å². The van der Waals surface area contributed by atoms with Crippen molar-refractivity contribution in [1.29, 1.82) is 0 Å². The van der Waals surface area contributed by atoms with Gasteiger partial charge < -0.3 is 15.0 Å². The quantitative estimate of drug-likeness (QED) is 0.366. The van der Waals surface area contributed by atoms with Gasteiger partial charge in [0.05, 0.1) is 13.0 Å². The largest absolute Gasteiger partial charge is 0.469 e. The third-order valence-corrected chi connectivity index (χ3v) is 5.34. The monoisotopic (exact) mass is 323 g/mol. The second-order valence-electron chi connectivity index (χ2n) is 6.90. The van der Waals surface area contributed by atoms with E-state index < -0.39 is 0 Å². The SMILES string of the molecule is CN=C(NCCCC1CCCCC1)N1CCC(C(=O)OC)CC1. The summed E-state index contributed by atoms with van der Waals surface area (Å²) >= 11 is 0. The van der Waals surface area contributed by atoms with Crippen LogP contribution in [0.1, 0.15) is 57.8 Å². The van der Waals surface area contributed by atoms with Crippen LogP contribution >= 0.6 is 0 Å². The highest BCUT2D eigenvalue weighted by molar-refractivity contribution is 5.80. The van der Waals surface area contributed by atoms with E-state index in [4.69, 9.17) is 4.74 Å². The Kier molecular flexibility index (Phi) is 7.69. The predicted octanol–water partition coefficient (Wildman–Crippen LogP) is 2.81. The Morgan fingerprint density at radius 2 is 1.87 bits per heavy atom. The molecule has 0 aromatic carbocycles. The standard InChI is InChI=1S/C18H33N3O2/c1-19-18(20-12-6-9-15-7-4-3-5-8-15)21-13-10-16(11-14-21)17(22)23-2/h15-16H,3-14H2,1-2H3,(H,19,20). The Morgan fingerprint density at radius 1 is 1.17 bits per heavy atom. The smallest absolute Gasteiger partial charge is 0.308 e. The molecule has 0 unspecified atom stereocenters. The van der Waals surface area contributed by atoms with Crippen LogP contribution in [0.3, 0.4) is 0 Å². The average Bonchev–Trinajstić information content (AvgIpc) is 2.62. The minimum absolute atomic E-state index is 0.0562. The van der Waals surface area contributed by atoms with Crippen LogP contribution in [0.5, 0.6) is 0 Å². The fourth-order valence-corrected chi connectivity index (χ4v) is 3.89. The van der Waals surface area contributed by atoms with Crippen LogP contribution in [0.2, 0.25) is 0 Å². The summed E-state index contributed by atoms with van der Waals surface area (Å²) in [4.78, 5) is 18.3. The van der Waals surface area contributed by atoms with Gasteiger partial charge in [0.1, 0.15) is 0 Å². The molecule has 132 valence electrons. The molecule has 2 aliphatic rings. The van der Waals surface area contributed by atoms with Crippen LogP contribution in [0.15, 0.2) is 4.99 Å². The highest BCUT2D eigenvalue weighted by Gasteiger charge is 2.26. The van der Waals surface area contributed by atoms with E-state index in [1.165, 1.54) is 52.1 Å². The van der Waals surface area contributed by atoms with Crippen molar-refractivity contribution < 1.29 is 9.53 Å². The molecule has 0 radical (unpaired) electrons. The molecule has 1 aliphatic carbocycles. The summed E-state index contributed by atoms with van der Waals surface area (Å²) in [6, 6.07) is 0. The molecule has 1 aliphatic heterocycles. The third-order valence-electron chi connectivity index (χ3n) is 5.34. The molecule has 0 aromatic rings. The van der Waals surface area contributed by atoms with Crippen LogP contribution in [-0.4, -0.2) is 50.6 Å². The molecule has 2 fully saturated rings. The minimum Gasteiger partial charge on any atom is -0.469 e. The average molecular weight is 323 g/mol. The van der Waals surface area contributed by atoms with Crippen LogP contribution in [-0.2, 0) is 9.53 Å². The highest BCUT2D eigenvalue weighted by atomic mass is 16.5. The van der Waals surface area contributed by atoms with Crippen molar-refractivity contribution in [3.63, 3.8) is 0 Å². The Labute approximate surface area is 140 Å². The van der Waals surface area contributed by atoms with Crippen molar-refractivity contribution in [3.05, 3.63) is 0 Å². The van der Waals surface area contributed by atoms with Gasteiger partial charge in [-0.1, -0.05) is 32.1 Å². The number of aliphatic imine (C=N–C) groups is 1. The number of carbonyl (C=O) groups excluding carboxylic acids is 1. The lowest BCUT2D eigenvalue weighted by Crippen LogP contribution is -2.46. The lowest BCUT2D eigenvalue weighted by Gasteiger charge is -2.33. The first-order valence-corrected chi connectivity index (χ1v) is 9.28. The topological polar surface area (TPSA) is 53.9 Å². The maximum atomic E-state index is 11.6. The van der Waals surface area contributed by atoms with Crippen molar-refractivity contribution in [2.24, 2.45) is 16.8 Å². The lowest BCUT2D eigenvalue weighted by molar-refractivity contribution is -0.146. The Morgan fingerprint density at radius 3 is 2.48 bits per heavy atom. The summed E-state index contributed by atoms with van der Waals surface area (Å²) in [5, 5.41) is 3.50. The van der Waals surface area contributed by atoms with E-state index in [0.717, 1.165) is 44.4 Å². The molecule has 0 amide bonds. The van der Waals surface area contributed by atoms with Gasteiger partial charge in [0.25, 0.3) is 0 Å². The summed E-state index contributed by atoms with van der Waals surface area (Å²) in [6.07, 6.45) is 11.4. The van der Waals surface area contributed by atoms with Gasteiger partial charge in [-0.3, -0.25) is 9.79 Å². The van der Waals surface area contributed by atoms with Gasteiger partial charge in [0, 0.05) is 26.7 Å². The van der Waals surface area contributed by atoms with Crippen LogP contribution in [0.4, 0.5) is 0 Å².